The molecule has 2 fully saturated rings. The summed E-state index contributed by atoms with van der Waals surface area (Å²) >= 11 is 0. The van der Waals surface area contributed by atoms with Crippen molar-refractivity contribution < 1.29 is 35.2 Å². The molecule has 2 aliphatic heterocycles. The Kier molecular flexibility index (Phi) is 7.52. The Morgan fingerprint density at radius 2 is 1.70 bits per heavy atom. The Bertz CT molecular complexity index is 1170. The lowest BCUT2D eigenvalue weighted by molar-refractivity contribution is -0.136. The van der Waals surface area contributed by atoms with E-state index in [-0.39, 0.29) is 68.7 Å². The molecule has 0 radical (unpaired) electrons. The molecule has 0 amide bonds. The fourth-order valence-electron chi connectivity index (χ4n) is 4.40. The van der Waals surface area contributed by atoms with Crippen LogP contribution in [0.15, 0.2) is 16.9 Å². The summed E-state index contributed by atoms with van der Waals surface area (Å²) in [5.41, 5.74) is -1.80. The molecular weight excluding hydrogens is 522 g/mol. The van der Waals surface area contributed by atoms with Crippen LogP contribution in [-0.2, 0) is 15.7 Å². The minimum Gasteiger partial charge on any atom is -0.474 e. The van der Waals surface area contributed by atoms with Crippen LogP contribution in [0, 0.1) is 0 Å². The van der Waals surface area contributed by atoms with Crippen LogP contribution >= 0.6 is 0 Å². The number of anilines is 2. The Balaban J connectivity index is 1.42. The van der Waals surface area contributed by atoms with Crippen LogP contribution < -0.4 is 14.5 Å². The van der Waals surface area contributed by atoms with Crippen molar-refractivity contribution in [3.8, 4) is 5.88 Å². The highest BCUT2D eigenvalue weighted by atomic mass is 32.2. The molecule has 4 rings (SSSR count). The van der Waals surface area contributed by atoms with E-state index in [1.54, 1.807) is 4.90 Å². The van der Waals surface area contributed by atoms with Gasteiger partial charge in [0.2, 0.25) is 21.7 Å². The van der Waals surface area contributed by atoms with Crippen LogP contribution in [0.3, 0.4) is 0 Å². The number of alkyl halides is 4. The molecule has 206 valence electrons. The van der Waals surface area contributed by atoms with E-state index < -0.39 is 28.0 Å². The van der Waals surface area contributed by atoms with Crippen LogP contribution in [0.2, 0.25) is 0 Å². The van der Waals surface area contributed by atoms with E-state index in [1.807, 2.05) is 0 Å². The third-order valence-corrected chi connectivity index (χ3v) is 7.66. The number of hydrogen-bond donors (Lipinski definition) is 0. The monoisotopic (exact) mass is 551 g/mol. The number of hydrogen-bond acceptors (Lipinski definition) is 10. The summed E-state index contributed by atoms with van der Waals surface area (Å²) in [4.78, 5) is 13.8. The SMILES string of the molecule is CC(C)(F)c1noc(N2CCC(N(c3cc(OC4CCN(S(C)(=O)=O)CC4)ncn3)C(F)(F)F)CC2)n1. The van der Waals surface area contributed by atoms with Gasteiger partial charge >= 0.3 is 12.3 Å². The lowest BCUT2D eigenvalue weighted by Crippen LogP contribution is -2.51. The molecule has 37 heavy (non-hydrogen) atoms. The number of nitrogens with zero attached hydrogens (tertiary/aromatic N) is 7. The van der Waals surface area contributed by atoms with E-state index in [0.717, 1.165) is 18.6 Å². The lowest BCUT2D eigenvalue weighted by Gasteiger charge is -2.39. The molecule has 0 aliphatic carbocycles. The third-order valence-electron chi connectivity index (χ3n) is 6.35. The number of ether oxygens (including phenoxy) is 1. The predicted molar refractivity (Wildman–Crippen MR) is 124 cm³/mol. The first-order valence-corrected chi connectivity index (χ1v) is 13.6. The average Bonchev–Trinajstić information content (AvgIpc) is 3.30. The molecule has 0 aromatic carbocycles. The van der Waals surface area contributed by atoms with Gasteiger partial charge < -0.3 is 14.2 Å². The molecule has 2 saturated heterocycles. The van der Waals surface area contributed by atoms with Crippen LogP contribution in [0.5, 0.6) is 5.88 Å². The lowest BCUT2D eigenvalue weighted by atomic mass is 10.0. The quantitative estimate of drug-likeness (QED) is 0.376. The molecule has 0 unspecified atom stereocenters. The summed E-state index contributed by atoms with van der Waals surface area (Å²) in [6.45, 7) is 3.48. The number of piperidine rings is 2. The van der Waals surface area contributed by atoms with E-state index in [1.165, 1.54) is 18.2 Å². The van der Waals surface area contributed by atoms with Crippen LogP contribution in [0.25, 0.3) is 0 Å². The van der Waals surface area contributed by atoms with Crippen molar-refractivity contribution >= 4 is 21.9 Å². The summed E-state index contributed by atoms with van der Waals surface area (Å²) in [7, 11) is -3.31. The number of rotatable bonds is 7. The van der Waals surface area contributed by atoms with Crippen LogP contribution in [0.1, 0.15) is 45.4 Å². The maximum absolute atomic E-state index is 14.2. The molecule has 0 spiro atoms. The molecule has 2 aromatic heterocycles. The highest BCUT2D eigenvalue weighted by Crippen LogP contribution is 2.35. The van der Waals surface area contributed by atoms with Crippen molar-refractivity contribution in [2.24, 2.45) is 0 Å². The zero-order chi connectivity index (χ0) is 27.0. The Morgan fingerprint density at radius 1 is 1.05 bits per heavy atom. The van der Waals surface area contributed by atoms with E-state index in [9.17, 15) is 26.0 Å². The number of halogens is 4. The first kappa shape index (κ1) is 27.3. The van der Waals surface area contributed by atoms with E-state index in [2.05, 4.69) is 20.1 Å². The van der Waals surface area contributed by atoms with Gasteiger partial charge in [0.25, 0.3) is 0 Å². The zero-order valence-corrected chi connectivity index (χ0v) is 21.5. The smallest absolute Gasteiger partial charge is 0.474 e. The van der Waals surface area contributed by atoms with Crippen molar-refractivity contribution in [2.45, 2.75) is 63.6 Å². The van der Waals surface area contributed by atoms with Crippen LogP contribution in [-0.4, -0.2) is 83.7 Å². The van der Waals surface area contributed by atoms with Crippen molar-refractivity contribution in [3.05, 3.63) is 18.2 Å². The molecule has 11 nitrogen and oxygen atoms in total. The summed E-state index contributed by atoms with van der Waals surface area (Å²) in [5.74, 6) is -0.484. The standard InChI is InChI=1S/C21H29F4N7O4S/c1-20(2,22)18-28-19(36-29-18)30-8-4-14(5-9-30)32(21(23,24)25)16-12-17(27-13-26-16)35-15-6-10-31(11-7-15)37(3,33)34/h12-15H,4-11H2,1-3H3. The van der Waals surface area contributed by atoms with E-state index in [4.69, 9.17) is 9.26 Å². The second-order valence-electron chi connectivity index (χ2n) is 9.62. The normalized spacial score (nSPS) is 19.3. The molecule has 0 N–H and O–H groups in total. The van der Waals surface area contributed by atoms with Gasteiger partial charge in [0, 0.05) is 38.3 Å². The van der Waals surface area contributed by atoms with Crippen molar-refractivity contribution in [3.63, 3.8) is 0 Å². The molecule has 0 saturated carbocycles. The largest absolute Gasteiger partial charge is 0.486 e. The summed E-state index contributed by atoms with van der Waals surface area (Å²) in [6, 6.07) is 0.297. The van der Waals surface area contributed by atoms with Gasteiger partial charge in [0.1, 0.15) is 18.2 Å². The number of aromatic nitrogens is 4. The highest BCUT2D eigenvalue weighted by molar-refractivity contribution is 7.88. The first-order valence-electron chi connectivity index (χ1n) is 11.8. The molecule has 2 aliphatic rings. The van der Waals surface area contributed by atoms with Crippen LogP contribution in [0.4, 0.5) is 29.4 Å². The van der Waals surface area contributed by atoms with Gasteiger partial charge in [-0.1, -0.05) is 5.16 Å². The van der Waals surface area contributed by atoms with E-state index in [0.29, 0.717) is 17.7 Å². The van der Waals surface area contributed by atoms with Gasteiger partial charge in [-0.3, -0.25) is 4.90 Å². The zero-order valence-electron chi connectivity index (χ0n) is 20.6. The van der Waals surface area contributed by atoms with Crippen molar-refractivity contribution in [1.29, 1.82) is 0 Å². The van der Waals surface area contributed by atoms with Crippen molar-refractivity contribution in [2.75, 3.05) is 42.2 Å². The molecule has 0 atom stereocenters. The minimum absolute atomic E-state index is 0.0123. The van der Waals surface area contributed by atoms with Gasteiger partial charge in [0.15, 0.2) is 5.67 Å². The molecule has 16 heteroatoms. The van der Waals surface area contributed by atoms with Crippen molar-refractivity contribution in [1.82, 2.24) is 24.4 Å². The fraction of sp³-hybridized carbons (Fsp3) is 0.714. The highest BCUT2D eigenvalue weighted by Gasteiger charge is 2.44. The Hall–Kier alpha value is -2.75. The first-order chi connectivity index (χ1) is 17.2. The van der Waals surface area contributed by atoms with Gasteiger partial charge in [-0.05, 0) is 39.5 Å². The third kappa shape index (κ3) is 6.58. The van der Waals surface area contributed by atoms with Gasteiger partial charge in [-0.15, -0.1) is 0 Å². The predicted octanol–water partition coefficient (Wildman–Crippen LogP) is 2.86. The topological polar surface area (TPSA) is 118 Å². The summed E-state index contributed by atoms with van der Waals surface area (Å²) < 4.78 is 92.1. The molecule has 4 heterocycles. The Morgan fingerprint density at radius 3 is 2.24 bits per heavy atom. The maximum atomic E-state index is 14.2. The Labute approximate surface area is 211 Å². The van der Waals surface area contributed by atoms with E-state index >= 15 is 0 Å². The summed E-state index contributed by atoms with van der Waals surface area (Å²) in [5, 5.41) is 3.62. The molecular formula is C21H29F4N7O4S. The summed E-state index contributed by atoms with van der Waals surface area (Å²) in [6.07, 6.45) is -1.93. The van der Waals surface area contributed by atoms with Gasteiger partial charge in [-0.2, -0.15) is 18.2 Å². The number of sulfonamides is 1. The second-order valence-corrected chi connectivity index (χ2v) is 11.6. The molecule has 2 aromatic rings. The molecule has 0 bridgehead atoms. The van der Waals surface area contributed by atoms with Gasteiger partial charge in [-0.25, -0.2) is 27.1 Å². The second kappa shape index (κ2) is 10.2. The fourth-order valence-corrected chi connectivity index (χ4v) is 5.28. The maximum Gasteiger partial charge on any atom is 0.486 e. The average molecular weight is 552 g/mol. The van der Waals surface area contributed by atoms with Gasteiger partial charge in [0.05, 0.1) is 6.26 Å². The minimum atomic E-state index is -4.71.